The lowest BCUT2D eigenvalue weighted by Crippen LogP contribution is -2.56. The van der Waals surface area contributed by atoms with Crippen LogP contribution in [0.15, 0.2) is 41.3 Å². The van der Waals surface area contributed by atoms with Gasteiger partial charge in [-0.15, -0.1) is 0 Å². The second-order valence-corrected chi connectivity index (χ2v) is 7.22. The fourth-order valence-electron chi connectivity index (χ4n) is 2.25. The predicted octanol–water partition coefficient (Wildman–Crippen LogP) is 2.12. The molecule has 1 aromatic carbocycles. The van der Waals surface area contributed by atoms with Gasteiger partial charge in [-0.25, -0.2) is 22.2 Å². The summed E-state index contributed by atoms with van der Waals surface area (Å²) in [4.78, 5) is 3.77. The Hall–Kier alpha value is -2.06. The Bertz CT molecular complexity index is 816. The average molecular weight is 340 g/mol. The van der Waals surface area contributed by atoms with Crippen molar-refractivity contribution in [1.29, 1.82) is 0 Å². The van der Waals surface area contributed by atoms with Gasteiger partial charge in [0.1, 0.15) is 17.7 Å². The van der Waals surface area contributed by atoms with Crippen molar-refractivity contribution in [1.82, 2.24) is 9.29 Å². The number of aromatic nitrogens is 1. The van der Waals surface area contributed by atoms with Crippen LogP contribution in [-0.2, 0) is 10.0 Å². The molecule has 5 nitrogen and oxygen atoms in total. The van der Waals surface area contributed by atoms with Crippen molar-refractivity contribution in [2.45, 2.75) is 17.9 Å². The Kier molecular flexibility index (Phi) is 4.03. The monoisotopic (exact) mass is 340 g/mol. The van der Waals surface area contributed by atoms with Gasteiger partial charge in [-0.1, -0.05) is 6.07 Å². The maximum absolute atomic E-state index is 13.2. The van der Waals surface area contributed by atoms with Crippen LogP contribution in [0.25, 0.3) is 0 Å². The number of pyridine rings is 1. The molecule has 23 heavy (non-hydrogen) atoms. The molecule has 0 N–H and O–H groups in total. The van der Waals surface area contributed by atoms with Crippen molar-refractivity contribution < 1.29 is 21.9 Å². The smallest absolute Gasteiger partial charge is 0.243 e. The van der Waals surface area contributed by atoms with E-state index in [9.17, 15) is 17.2 Å². The number of sulfonamides is 1. The second kappa shape index (κ2) is 5.86. The van der Waals surface area contributed by atoms with Crippen molar-refractivity contribution in [3.05, 3.63) is 53.7 Å². The zero-order valence-corrected chi connectivity index (χ0v) is 13.1. The molecule has 0 saturated carbocycles. The average Bonchev–Trinajstić information content (AvgIpc) is 2.41. The predicted molar refractivity (Wildman–Crippen MR) is 78.5 cm³/mol. The fraction of sp³-hybridized carbons (Fsp3) is 0.267. The normalized spacial score (nSPS) is 16.1. The van der Waals surface area contributed by atoms with Gasteiger partial charge in [0.2, 0.25) is 15.9 Å². The summed E-state index contributed by atoms with van der Waals surface area (Å²) in [5.41, 5.74) is 0.793. The summed E-state index contributed by atoms with van der Waals surface area (Å²) in [5, 5.41) is 0. The minimum absolute atomic E-state index is 0.107. The van der Waals surface area contributed by atoms with Crippen LogP contribution in [0.5, 0.6) is 5.88 Å². The second-order valence-electron chi connectivity index (χ2n) is 5.28. The number of halogens is 2. The Balaban J connectivity index is 1.68. The molecule has 2 heterocycles. The number of nitrogens with zero attached hydrogens (tertiary/aromatic N) is 2. The van der Waals surface area contributed by atoms with E-state index in [1.165, 1.54) is 0 Å². The Morgan fingerprint density at radius 2 is 1.83 bits per heavy atom. The van der Waals surface area contributed by atoms with E-state index in [0.29, 0.717) is 11.9 Å². The van der Waals surface area contributed by atoms with Crippen LogP contribution in [-0.4, -0.2) is 36.9 Å². The van der Waals surface area contributed by atoms with Crippen molar-refractivity contribution in [3.8, 4) is 5.88 Å². The van der Waals surface area contributed by atoms with Crippen LogP contribution in [0.3, 0.4) is 0 Å². The first-order valence-corrected chi connectivity index (χ1v) is 8.35. The highest BCUT2D eigenvalue weighted by molar-refractivity contribution is 7.89. The molecule has 1 aliphatic rings. The lowest BCUT2D eigenvalue weighted by atomic mass is 10.2. The number of rotatable bonds is 4. The first-order valence-electron chi connectivity index (χ1n) is 6.91. The molecule has 1 fully saturated rings. The molecule has 1 aromatic heterocycles. The number of aryl methyl sites for hydroxylation is 1. The lowest BCUT2D eigenvalue weighted by molar-refractivity contribution is 0.0719. The van der Waals surface area contributed by atoms with Crippen LogP contribution in [0.1, 0.15) is 5.69 Å². The van der Waals surface area contributed by atoms with E-state index in [1.54, 1.807) is 12.1 Å². The van der Waals surface area contributed by atoms with Crippen LogP contribution < -0.4 is 4.74 Å². The molecule has 122 valence electrons. The fourth-order valence-corrected chi connectivity index (χ4v) is 3.80. The van der Waals surface area contributed by atoms with Gasteiger partial charge in [-0.3, -0.25) is 0 Å². The summed E-state index contributed by atoms with van der Waals surface area (Å²) in [7, 11) is -3.93. The first-order chi connectivity index (χ1) is 10.8. The molecular formula is C15H14F2N2O3S. The third kappa shape index (κ3) is 3.32. The molecule has 8 heteroatoms. The zero-order chi connectivity index (χ0) is 16.6. The summed E-state index contributed by atoms with van der Waals surface area (Å²) < 4.78 is 57.7. The summed E-state index contributed by atoms with van der Waals surface area (Å²) in [6, 6.07) is 7.53. The highest BCUT2D eigenvalue weighted by Gasteiger charge is 2.38. The van der Waals surface area contributed by atoms with Crippen LogP contribution >= 0.6 is 0 Å². The van der Waals surface area contributed by atoms with E-state index in [2.05, 4.69) is 4.98 Å². The third-order valence-corrected chi connectivity index (χ3v) is 5.25. The van der Waals surface area contributed by atoms with Gasteiger partial charge in [0.25, 0.3) is 0 Å². The standard InChI is InChI=1S/C15H14F2N2O3S/c1-10-3-2-4-15(18-10)22-13-8-19(9-13)23(20,21)14-6-11(16)5-12(17)7-14/h2-7,13H,8-9H2,1H3. The highest BCUT2D eigenvalue weighted by atomic mass is 32.2. The molecule has 0 radical (unpaired) electrons. The minimum Gasteiger partial charge on any atom is -0.472 e. The van der Waals surface area contributed by atoms with Gasteiger partial charge in [-0.2, -0.15) is 4.31 Å². The Morgan fingerprint density at radius 1 is 1.17 bits per heavy atom. The molecule has 2 aromatic rings. The molecule has 0 amide bonds. The zero-order valence-electron chi connectivity index (χ0n) is 12.2. The van der Waals surface area contributed by atoms with Crippen molar-refractivity contribution in [2.24, 2.45) is 0 Å². The molecule has 0 unspecified atom stereocenters. The number of hydrogen-bond donors (Lipinski definition) is 0. The molecule has 0 bridgehead atoms. The maximum atomic E-state index is 13.2. The maximum Gasteiger partial charge on any atom is 0.243 e. The molecular weight excluding hydrogens is 326 g/mol. The van der Waals surface area contributed by atoms with Crippen LogP contribution in [0.2, 0.25) is 0 Å². The molecule has 0 aliphatic carbocycles. The molecule has 0 atom stereocenters. The third-order valence-electron chi connectivity index (χ3n) is 3.44. The van der Waals surface area contributed by atoms with Gasteiger partial charge in [0, 0.05) is 17.8 Å². The minimum atomic E-state index is -3.93. The van der Waals surface area contributed by atoms with Crippen molar-refractivity contribution in [2.75, 3.05) is 13.1 Å². The van der Waals surface area contributed by atoms with Gasteiger partial charge >= 0.3 is 0 Å². The number of hydrogen-bond acceptors (Lipinski definition) is 4. The van der Waals surface area contributed by atoms with E-state index in [1.807, 2.05) is 13.0 Å². The van der Waals surface area contributed by atoms with Gasteiger partial charge < -0.3 is 4.74 Å². The quantitative estimate of drug-likeness (QED) is 0.855. The Labute approximate surface area is 132 Å². The summed E-state index contributed by atoms with van der Waals surface area (Å²) >= 11 is 0. The number of ether oxygens (including phenoxy) is 1. The first kappa shape index (κ1) is 15.8. The van der Waals surface area contributed by atoms with Crippen LogP contribution in [0.4, 0.5) is 8.78 Å². The SMILES string of the molecule is Cc1cccc(OC2CN(S(=O)(=O)c3cc(F)cc(F)c3)C2)n1. The van der Waals surface area contributed by atoms with Gasteiger partial charge in [0.05, 0.1) is 18.0 Å². The van der Waals surface area contributed by atoms with E-state index in [-0.39, 0.29) is 19.2 Å². The van der Waals surface area contributed by atoms with Gasteiger partial charge in [0.15, 0.2) is 0 Å². The lowest BCUT2D eigenvalue weighted by Gasteiger charge is -2.37. The number of benzene rings is 1. The van der Waals surface area contributed by atoms with Crippen molar-refractivity contribution >= 4 is 10.0 Å². The molecule has 0 spiro atoms. The van der Waals surface area contributed by atoms with E-state index in [0.717, 1.165) is 22.1 Å². The topological polar surface area (TPSA) is 59.5 Å². The molecule has 1 saturated heterocycles. The largest absolute Gasteiger partial charge is 0.472 e. The molecule has 3 rings (SSSR count). The van der Waals surface area contributed by atoms with Gasteiger partial charge in [-0.05, 0) is 25.1 Å². The molecule has 1 aliphatic heterocycles. The summed E-state index contributed by atoms with van der Waals surface area (Å²) in [6.07, 6.45) is -0.336. The highest BCUT2D eigenvalue weighted by Crippen LogP contribution is 2.25. The van der Waals surface area contributed by atoms with E-state index >= 15 is 0 Å². The van der Waals surface area contributed by atoms with Crippen LogP contribution in [0, 0.1) is 18.6 Å². The summed E-state index contributed by atoms with van der Waals surface area (Å²) in [6.45, 7) is 2.04. The van der Waals surface area contributed by atoms with E-state index in [4.69, 9.17) is 4.74 Å². The Morgan fingerprint density at radius 3 is 2.43 bits per heavy atom. The summed E-state index contributed by atoms with van der Waals surface area (Å²) in [5.74, 6) is -1.44. The van der Waals surface area contributed by atoms with E-state index < -0.39 is 26.6 Å². The van der Waals surface area contributed by atoms with Crippen molar-refractivity contribution in [3.63, 3.8) is 0 Å².